The van der Waals surface area contributed by atoms with Crippen LogP contribution in [-0.4, -0.2) is 30.6 Å². The van der Waals surface area contributed by atoms with Crippen molar-refractivity contribution in [1.82, 2.24) is 4.90 Å². The second kappa shape index (κ2) is 8.90. The molecule has 134 valence electrons. The van der Waals surface area contributed by atoms with Crippen molar-refractivity contribution < 1.29 is 9.53 Å². The Balaban J connectivity index is 1.46. The van der Waals surface area contributed by atoms with Gasteiger partial charge in [-0.25, -0.2) is 4.79 Å². The van der Waals surface area contributed by atoms with Gasteiger partial charge < -0.3 is 15.0 Å². The van der Waals surface area contributed by atoms with Gasteiger partial charge in [-0.3, -0.25) is 0 Å². The summed E-state index contributed by atoms with van der Waals surface area (Å²) in [5, 5.41) is 5.12. The molecule has 1 N–H and O–H groups in total. The molecule has 2 amide bonds. The number of piperidine rings is 1. The second-order valence-corrected chi connectivity index (χ2v) is 7.41. The van der Waals surface area contributed by atoms with E-state index >= 15 is 0 Å². The van der Waals surface area contributed by atoms with E-state index in [1.807, 2.05) is 40.5 Å². The molecule has 1 aliphatic rings. The molecule has 5 heteroatoms. The Hall–Kier alpha value is -2.01. The summed E-state index contributed by atoms with van der Waals surface area (Å²) in [6.07, 6.45) is 4.26. The lowest BCUT2D eigenvalue weighted by atomic mass is 9.95. The van der Waals surface area contributed by atoms with Gasteiger partial charge in [0.05, 0.1) is 6.61 Å². The maximum Gasteiger partial charge on any atom is 0.321 e. The number of benzene rings is 1. The van der Waals surface area contributed by atoms with Crippen LogP contribution in [0.1, 0.15) is 43.4 Å². The van der Waals surface area contributed by atoms with Crippen LogP contribution in [-0.2, 0) is 0 Å². The van der Waals surface area contributed by atoms with Crippen molar-refractivity contribution in [2.75, 3.05) is 25.0 Å². The second-order valence-electron chi connectivity index (χ2n) is 6.43. The minimum atomic E-state index is -0.00993. The third kappa shape index (κ3) is 4.98. The summed E-state index contributed by atoms with van der Waals surface area (Å²) >= 11 is 1.82. The molecule has 1 aromatic heterocycles. The van der Waals surface area contributed by atoms with Crippen LogP contribution in [0.3, 0.4) is 0 Å². The molecular formula is C20H26N2O2S. The first kappa shape index (κ1) is 17.8. The SMILES string of the molecule is CCCCOc1ccc(NC(=O)N2CCC(c3cccs3)CC2)cc1. The number of thiophene rings is 1. The van der Waals surface area contributed by atoms with Crippen LogP contribution in [0.2, 0.25) is 0 Å². The average Bonchev–Trinajstić information content (AvgIpc) is 3.18. The van der Waals surface area contributed by atoms with Crippen molar-refractivity contribution in [3.05, 3.63) is 46.7 Å². The van der Waals surface area contributed by atoms with Crippen molar-refractivity contribution in [3.8, 4) is 5.75 Å². The minimum Gasteiger partial charge on any atom is -0.494 e. The molecule has 1 saturated heterocycles. The molecule has 3 rings (SSSR count). The molecule has 25 heavy (non-hydrogen) atoms. The molecule has 0 atom stereocenters. The largest absolute Gasteiger partial charge is 0.494 e. The number of likely N-dealkylation sites (tertiary alicyclic amines) is 1. The van der Waals surface area contributed by atoms with Gasteiger partial charge in [-0.2, -0.15) is 0 Å². The summed E-state index contributed by atoms with van der Waals surface area (Å²) in [5.41, 5.74) is 0.813. The predicted octanol–water partition coefficient (Wildman–Crippen LogP) is 5.34. The van der Waals surface area contributed by atoms with E-state index in [1.165, 1.54) is 4.88 Å². The summed E-state index contributed by atoms with van der Waals surface area (Å²) in [5.74, 6) is 1.45. The van der Waals surface area contributed by atoms with E-state index in [1.54, 1.807) is 0 Å². The molecule has 0 saturated carbocycles. The highest BCUT2D eigenvalue weighted by atomic mass is 32.1. The van der Waals surface area contributed by atoms with Crippen molar-refractivity contribution in [2.24, 2.45) is 0 Å². The number of amides is 2. The molecule has 0 spiro atoms. The lowest BCUT2D eigenvalue weighted by Crippen LogP contribution is -2.40. The highest BCUT2D eigenvalue weighted by Gasteiger charge is 2.24. The minimum absolute atomic E-state index is 0.00993. The van der Waals surface area contributed by atoms with E-state index in [-0.39, 0.29) is 6.03 Å². The van der Waals surface area contributed by atoms with Gasteiger partial charge in [-0.15, -0.1) is 11.3 Å². The summed E-state index contributed by atoms with van der Waals surface area (Å²) in [6.45, 7) is 4.51. The van der Waals surface area contributed by atoms with Gasteiger partial charge >= 0.3 is 6.03 Å². The maximum atomic E-state index is 12.4. The number of hydrogen-bond donors (Lipinski definition) is 1. The molecular weight excluding hydrogens is 332 g/mol. The number of urea groups is 1. The van der Waals surface area contributed by atoms with E-state index in [2.05, 4.69) is 29.8 Å². The number of carbonyl (C=O) groups excluding carboxylic acids is 1. The Kier molecular flexibility index (Phi) is 6.34. The van der Waals surface area contributed by atoms with Crippen molar-refractivity contribution in [3.63, 3.8) is 0 Å². The van der Waals surface area contributed by atoms with E-state index in [0.717, 1.165) is 56.8 Å². The van der Waals surface area contributed by atoms with E-state index < -0.39 is 0 Å². The van der Waals surface area contributed by atoms with Crippen molar-refractivity contribution in [1.29, 1.82) is 0 Å². The highest BCUT2D eigenvalue weighted by Crippen LogP contribution is 2.31. The quantitative estimate of drug-likeness (QED) is 0.708. The van der Waals surface area contributed by atoms with Gasteiger partial charge in [0, 0.05) is 23.7 Å². The Morgan fingerprint density at radius 1 is 1.24 bits per heavy atom. The molecule has 0 aliphatic carbocycles. The fourth-order valence-electron chi connectivity index (χ4n) is 3.06. The number of carbonyl (C=O) groups is 1. The normalized spacial score (nSPS) is 15.2. The smallest absolute Gasteiger partial charge is 0.321 e. The van der Waals surface area contributed by atoms with E-state index in [9.17, 15) is 4.79 Å². The number of hydrogen-bond acceptors (Lipinski definition) is 3. The Morgan fingerprint density at radius 3 is 2.64 bits per heavy atom. The lowest BCUT2D eigenvalue weighted by Gasteiger charge is -2.31. The van der Waals surface area contributed by atoms with Crippen molar-refractivity contribution in [2.45, 2.75) is 38.5 Å². The summed E-state index contributed by atoms with van der Waals surface area (Å²) in [6, 6.07) is 11.9. The number of nitrogens with one attached hydrogen (secondary N) is 1. The number of ether oxygens (including phenoxy) is 1. The molecule has 0 bridgehead atoms. The molecule has 2 heterocycles. The van der Waals surface area contributed by atoms with Crippen LogP contribution in [0.15, 0.2) is 41.8 Å². The Bertz CT molecular complexity index is 647. The van der Waals surface area contributed by atoms with Crippen LogP contribution < -0.4 is 10.1 Å². The molecule has 0 unspecified atom stereocenters. The zero-order chi connectivity index (χ0) is 17.5. The molecule has 2 aromatic rings. The summed E-state index contributed by atoms with van der Waals surface area (Å²) in [7, 11) is 0. The fraction of sp³-hybridized carbons (Fsp3) is 0.450. The molecule has 1 fully saturated rings. The first-order valence-electron chi connectivity index (χ1n) is 9.08. The van der Waals surface area contributed by atoms with Crippen LogP contribution in [0.4, 0.5) is 10.5 Å². The average molecular weight is 359 g/mol. The monoisotopic (exact) mass is 358 g/mol. The van der Waals surface area contributed by atoms with Gasteiger partial charge in [0.25, 0.3) is 0 Å². The Labute approximate surface area is 153 Å². The molecule has 1 aromatic carbocycles. The molecule has 1 aliphatic heterocycles. The van der Waals surface area contributed by atoms with Gasteiger partial charge in [0.15, 0.2) is 0 Å². The fourth-order valence-corrected chi connectivity index (χ4v) is 3.96. The third-order valence-corrected chi connectivity index (χ3v) is 5.63. The summed E-state index contributed by atoms with van der Waals surface area (Å²) < 4.78 is 5.65. The van der Waals surface area contributed by atoms with Crippen LogP contribution in [0.5, 0.6) is 5.75 Å². The molecule has 4 nitrogen and oxygen atoms in total. The maximum absolute atomic E-state index is 12.4. The molecule has 0 radical (unpaired) electrons. The van der Waals surface area contributed by atoms with E-state index in [4.69, 9.17) is 4.74 Å². The topological polar surface area (TPSA) is 41.6 Å². The standard InChI is InChI=1S/C20H26N2O2S/c1-2-3-14-24-18-8-6-17(7-9-18)21-20(23)22-12-10-16(11-13-22)19-5-4-15-25-19/h4-9,15-16H,2-3,10-14H2,1H3,(H,21,23). The highest BCUT2D eigenvalue weighted by molar-refractivity contribution is 7.10. The number of nitrogens with zero attached hydrogens (tertiary/aromatic N) is 1. The number of unbranched alkanes of at least 4 members (excludes halogenated alkanes) is 1. The first-order chi connectivity index (χ1) is 12.3. The van der Waals surface area contributed by atoms with Crippen LogP contribution >= 0.6 is 11.3 Å². The van der Waals surface area contributed by atoms with E-state index in [0.29, 0.717) is 5.92 Å². The zero-order valence-corrected chi connectivity index (χ0v) is 15.6. The predicted molar refractivity (Wildman–Crippen MR) is 104 cm³/mol. The lowest BCUT2D eigenvalue weighted by molar-refractivity contribution is 0.195. The van der Waals surface area contributed by atoms with Gasteiger partial charge in [0.1, 0.15) is 5.75 Å². The zero-order valence-electron chi connectivity index (χ0n) is 14.7. The van der Waals surface area contributed by atoms with Crippen LogP contribution in [0.25, 0.3) is 0 Å². The van der Waals surface area contributed by atoms with Crippen LogP contribution in [0, 0.1) is 0 Å². The summed E-state index contributed by atoms with van der Waals surface area (Å²) in [4.78, 5) is 15.8. The number of anilines is 1. The first-order valence-corrected chi connectivity index (χ1v) is 9.96. The van der Waals surface area contributed by atoms with Gasteiger partial charge in [0.2, 0.25) is 0 Å². The third-order valence-electron chi connectivity index (χ3n) is 4.60. The Morgan fingerprint density at radius 2 is 2.00 bits per heavy atom. The van der Waals surface area contributed by atoms with Crippen molar-refractivity contribution >= 4 is 23.1 Å². The number of rotatable bonds is 6. The van der Waals surface area contributed by atoms with Gasteiger partial charge in [-0.1, -0.05) is 19.4 Å². The van der Waals surface area contributed by atoms with Gasteiger partial charge in [-0.05, 0) is 60.9 Å².